The Morgan fingerprint density at radius 1 is 1.24 bits per heavy atom. The van der Waals surface area contributed by atoms with Crippen molar-refractivity contribution in [2.75, 3.05) is 13.1 Å². The predicted molar refractivity (Wildman–Crippen MR) is 95.5 cm³/mol. The fourth-order valence-electron chi connectivity index (χ4n) is 3.54. The van der Waals surface area contributed by atoms with Crippen molar-refractivity contribution in [2.45, 2.75) is 32.6 Å². The fourth-order valence-corrected chi connectivity index (χ4v) is 3.54. The van der Waals surface area contributed by atoms with Crippen LogP contribution in [0.15, 0.2) is 30.6 Å². The summed E-state index contributed by atoms with van der Waals surface area (Å²) >= 11 is 0. The number of piperidine rings is 1. The minimum Gasteiger partial charge on any atom is -0.342 e. The van der Waals surface area contributed by atoms with Gasteiger partial charge in [0, 0.05) is 37.0 Å². The Morgan fingerprint density at radius 3 is 2.96 bits per heavy atom. The lowest BCUT2D eigenvalue weighted by atomic mass is 9.94. The van der Waals surface area contributed by atoms with Crippen molar-refractivity contribution in [3.8, 4) is 0 Å². The number of rotatable bonds is 2. The van der Waals surface area contributed by atoms with Crippen LogP contribution < -0.4 is 0 Å². The molecule has 1 fully saturated rings. The first-order valence-corrected chi connectivity index (χ1v) is 8.64. The SMILES string of the molecule is Cc1cncc([C@@H]2CCCN(C(=O)c3ccc4nc(C)[nH]c4c3)C2)n1. The van der Waals surface area contributed by atoms with E-state index in [2.05, 4.69) is 19.9 Å². The lowest BCUT2D eigenvalue weighted by molar-refractivity contribution is 0.0706. The van der Waals surface area contributed by atoms with E-state index in [0.717, 1.165) is 47.6 Å². The molecule has 1 aromatic carbocycles. The van der Waals surface area contributed by atoms with Crippen molar-refractivity contribution in [1.29, 1.82) is 0 Å². The Morgan fingerprint density at radius 2 is 2.12 bits per heavy atom. The third-order valence-corrected chi connectivity index (χ3v) is 4.75. The zero-order valence-corrected chi connectivity index (χ0v) is 14.5. The van der Waals surface area contributed by atoms with Crippen LogP contribution in [-0.4, -0.2) is 43.8 Å². The normalized spacial score (nSPS) is 17.8. The lowest BCUT2D eigenvalue weighted by Gasteiger charge is -2.32. The number of H-pyrrole nitrogens is 1. The maximum absolute atomic E-state index is 12.9. The number of hydrogen-bond acceptors (Lipinski definition) is 4. The molecule has 3 heterocycles. The van der Waals surface area contributed by atoms with Crippen LogP contribution in [0, 0.1) is 13.8 Å². The first-order chi connectivity index (χ1) is 12.1. The molecule has 6 heteroatoms. The van der Waals surface area contributed by atoms with Crippen LogP contribution in [0.4, 0.5) is 0 Å². The molecule has 0 spiro atoms. The maximum Gasteiger partial charge on any atom is 0.253 e. The molecule has 1 saturated heterocycles. The smallest absolute Gasteiger partial charge is 0.253 e. The number of fused-ring (bicyclic) bond motifs is 1. The molecule has 3 aromatic rings. The number of aromatic amines is 1. The van der Waals surface area contributed by atoms with Crippen molar-refractivity contribution in [3.63, 3.8) is 0 Å². The minimum atomic E-state index is 0.0689. The van der Waals surface area contributed by atoms with Crippen LogP contribution >= 0.6 is 0 Å². The summed E-state index contributed by atoms with van der Waals surface area (Å²) < 4.78 is 0. The van der Waals surface area contributed by atoms with Crippen molar-refractivity contribution in [1.82, 2.24) is 24.8 Å². The number of benzene rings is 1. The molecule has 1 atom stereocenters. The Labute approximate surface area is 146 Å². The number of nitrogens with zero attached hydrogens (tertiary/aromatic N) is 4. The van der Waals surface area contributed by atoms with Crippen molar-refractivity contribution in [2.24, 2.45) is 0 Å². The third-order valence-electron chi connectivity index (χ3n) is 4.75. The number of likely N-dealkylation sites (tertiary alicyclic amines) is 1. The molecule has 1 amide bonds. The average molecular weight is 335 g/mol. The molecule has 4 rings (SSSR count). The van der Waals surface area contributed by atoms with E-state index in [9.17, 15) is 4.79 Å². The quantitative estimate of drug-likeness (QED) is 0.781. The van der Waals surface area contributed by atoms with Gasteiger partial charge in [-0.25, -0.2) is 4.98 Å². The van der Waals surface area contributed by atoms with E-state index in [0.29, 0.717) is 12.1 Å². The Balaban J connectivity index is 1.56. The number of carbonyl (C=O) groups excluding carboxylic acids is 1. The van der Waals surface area contributed by atoms with E-state index in [1.165, 1.54) is 0 Å². The highest BCUT2D eigenvalue weighted by atomic mass is 16.2. The molecule has 0 bridgehead atoms. The number of aromatic nitrogens is 4. The molecular weight excluding hydrogens is 314 g/mol. The summed E-state index contributed by atoms with van der Waals surface area (Å²) in [5.41, 5.74) is 4.40. The number of carbonyl (C=O) groups is 1. The zero-order valence-electron chi connectivity index (χ0n) is 14.5. The van der Waals surface area contributed by atoms with Crippen LogP contribution in [-0.2, 0) is 0 Å². The van der Waals surface area contributed by atoms with Gasteiger partial charge in [0.1, 0.15) is 5.82 Å². The topological polar surface area (TPSA) is 74.8 Å². The number of aryl methyl sites for hydroxylation is 2. The van der Waals surface area contributed by atoms with Crippen LogP contribution in [0.1, 0.15) is 46.3 Å². The first kappa shape index (κ1) is 15.7. The molecule has 0 saturated carbocycles. The van der Waals surface area contributed by atoms with E-state index in [-0.39, 0.29) is 11.8 Å². The largest absolute Gasteiger partial charge is 0.342 e. The van der Waals surface area contributed by atoms with Gasteiger partial charge in [0.05, 0.1) is 22.4 Å². The highest BCUT2D eigenvalue weighted by Crippen LogP contribution is 2.26. The highest BCUT2D eigenvalue weighted by molar-refractivity contribution is 5.97. The second-order valence-corrected chi connectivity index (χ2v) is 6.73. The summed E-state index contributed by atoms with van der Waals surface area (Å²) in [6, 6.07) is 5.66. The Kier molecular flexibility index (Phi) is 3.95. The molecule has 1 aliphatic heterocycles. The van der Waals surface area contributed by atoms with Gasteiger partial charge in [-0.2, -0.15) is 0 Å². The van der Waals surface area contributed by atoms with Gasteiger partial charge < -0.3 is 9.88 Å². The minimum absolute atomic E-state index is 0.0689. The van der Waals surface area contributed by atoms with Gasteiger partial charge in [0.15, 0.2) is 0 Å². The Hall–Kier alpha value is -2.76. The summed E-state index contributed by atoms with van der Waals surface area (Å²) in [5.74, 6) is 1.18. The number of imidazole rings is 1. The Bertz CT molecular complexity index is 932. The van der Waals surface area contributed by atoms with Gasteiger partial charge >= 0.3 is 0 Å². The number of amides is 1. The monoisotopic (exact) mass is 335 g/mol. The molecule has 128 valence electrons. The van der Waals surface area contributed by atoms with E-state index >= 15 is 0 Å². The van der Waals surface area contributed by atoms with Gasteiger partial charge in [0.2, 0.25) is 0 Å². The molecule has 0 unspecified atom stereocenters. The van der Waals surface area contributed by atoms with Gasteiger partial charge in [-0.3, -0.25) is 14.8 Å². The number of hydrogen-bond donors (Lipinski definition) is 1. The molecule has 0 radical (unpaired) electrons. The summed E-state index contributed by atoms with van der Waals surface area (Å²) in [5, 5.41) is 0. The van der Waals surface area contributed by atoms with Crippen LogP contribution in [0.3, 0.4) is 0 Å². The molecular formula is C19H21N5O. The van der Waals surface area contributed by atoms with Gasteiger partial charge in [-0.1, -0.05) is 0 Å². The van der Waals surface area contributed by atoms with E-state index in [4.69, 9.17) is 0 Å². The lowest BCUT2D eigenvalue weighted by Crippen LogP contribution is -2.39. The van der Waals surface area contributed by atoms with Crippen LogP contribution in [0.25, 0.3) is 11.0 Å². The van der Waals surface area contributed by atoms with Crippen molar-refractivity contribution in [3.05, 3.63) is 53.4 Å². The van der Waals surface area contributed by atoms with Crippen molar-refractivity contribution >= 4 is 16.9 Å². The summed E-state index contributed by atoms with van der Waals surface area (Å²) in [6.07, 6.45) is 5.61. The number of nitrogens with one attached hydrogen (secondary N) is 1. The second kappa shape index (κ2) is 6.27. The van der Waals surface area contributed by atoms with E-state index in [1.54, 1.807) is 6.20 Å². The van der Waals surface area contributed by atoms with Crippen molar-refractivity contribution < 1.29 is 4.79 Å². The van der Waals surface area contributed by atoms with Crippen LogP contribution in [0.5, 0.6) is 0 Å². The summed E-state index contributed by atoms with van der Waals surface area (Å²) in [6.45, 7) is 5.34. The van der Waals surface area contributed by atoms with E-state index in [1.807, 2.05) is 43.1 Å². The summed E-state index contributed by atoms with van der Waals surface area (Å²) in [4.78, 5) is 31.3. The van der Waals surface area contributed by atoms with Gasteiger partial charge in [-0.05, 0) is 44.9 Å². The predicted octanol–water partition coefficient (Wildman–Crippen LogP) is 2.99. The fraction of sp³-hybridized carbons (Fsp3) is 0.368. The second-order valence-electron chi connectivity index (χ2n) is 6.73. The van der Waals surface area contributed by atoms with Crippen LogP contribution in [0.2, 0.25) is 0 Å². The molecule has 1 aliphatic rings. The third kappa shape index (κ3) is 3.12. The molecule has 6 nitrogen and oxygen atoms in total. The average Bonchev–Trinajstić information content (AvgIpc) is 3.00. The highest BCUT2D eigenvalue weighted by Gasteiger charge is 2.26. The zero-order chi connectivity index (χ0) is 17.4. The molecule has 25 heavy (non-hydrogen) atoms. The first-order valence-electron chi connectivity index (χ1n) is 8.64. The molecule has 1 N–H and O–H groups in total. The van der Waals surface area contributed by atoms with E-state index < -0.39 is 0 Å². The van der Waals surface area contributed by atoms with Gasteiger partial charge in [0.25, 0.3) is 5.91 Å². The standard InChI is InChI=1S/C19H21N5O/c1-12-9-20-10-18(21-12)15-4-3-7-24(11-15)19(25)14-5-6-16-17(8-14)23-13(2)22-16/h5-6,8-10,15H,3-4,7,11H2,1-2H3,(H,22,23)/t15-/m1/s1. The van der Waals surface area contributed by atoms with Gasteiger partial charge in [-0.15, -0.1) is 0 Å². The maximum atomic E-state index is 12.9. The molecule has 2 aromatic heterocycles. The molecule has 0 aliphatic carbocycles. The summed E-state index contributed by atoms with van der Waals surface area (Å²) in [7, 11) is 0.